The van der Waals surface area contributed by atoms with E-state index in [0.717, 1.165) is 5.56 Å². The van der Waals surface area contributed by atoms with Gasteiger partial charge < -0.3 is 5.32 Å². The normalized spacial score (nSPS) is 10.1. The molecule has 21 heavy (non-hydrogen) atoms. The summed E-state index contributed by atoms with van der Waals surface area (Å²) < 4.78 is 0.520. The number of nitrogens with zero attached hydrogens (tertiary/aromatic N) is 2. The highest BCUT2D eigenvalue weighted by Gasteiger charge is 2.15. The molecule has 0 saturated carbocycles. The van der Waals surface area contributed by atoms with E-state index in [1.54, 1.807) is 12.4 Å². The third-order valence-electron chi connectivity index (χ3n) is 2.83. The topological polar surface area (TPSA) is 85.1 Å². The van der Waals surface area contributed by atoms with Crippen LogP contribution in [0.15, 0.2) is 47.2 Å². The van der Waals surface area contributed by atoms with Crippen molar-refractivity contribution >= 4 is 27.5 Å². The van der Waals surface area contributed by atoms with E-state index in [1.807, 2.05) is 12.1 Å². The van der Waals surface area contributed by atoms with E-state index in [0.29, 0.717) is 17.4 Å². The van der Waals surface area contributed by atoms with Gasteiger partial charge in [-0.3, -0.25) is 19.9 Å². The van der Waals surface area contributed by atoms with Crippen molar-refractivity contribution in [2.75, 3.05) is 6.54 Å². The summed E-state index contributed by atoms with van der Waals surface area (Å²) in [4.78, 5) is 26.3. The van der Waals surface area contributed by atoms with Gasteiger partial charge >= 0.3 is 0 Å². The number of amides is 1. The maximum absolute atomic E-state index is 12.1. The SMILES string of the molecule is O=C(NCCc1cccnc1)c1cc([N+](=O)[O-])ccc1Br. The summed E-state index contributed by atoms with van der Waals surface area (Å²) in [7, 11) is 0. The molecule has 7 heteroatoms. The Morgan fingerprint density at radius 3 is 2.86 bits per heavy atom. The summed E-state index contributed by atoms with van der Waals surface area (Å²) >= 11 is 3.22. The molecule has 6 nitrogen and oxygen atoms in total. The summed E-state index contributed by atoms with van der Waals surface area (Å²) in [6.07, 6.45) is 4.06. The molecule has 1 aromatic heterocycles. The second-order valence-corrected chi connectivity index (χ2v) is 5.14. The van der Waals surface area contributed by atoms with E-state index >= 15 is 0 Å². The molecule has 0 saturated heterocycles. The minimum atomic E-state index is -0.529. The predicted molar refractivity (Wildman–Crippen MR) is 81.1 cm³/mol. The summed E-state index contributed by atoms with van der Waals surface area (Å²) in [5.41, 5.74) is 1.14. The Labute approximate surface area is 129 Å². The van der Waals surface area contributed by atoms with Crippen LogP contribution in [0.2, 0.25) is 0 Å². The Kier molecular flexibility index (Phi) is 4.99. The van der Waals surface area contributed by atoms with Crippen molar-refractivity contribution in [2.24, 2.45) is 0 Å². The minimum absolute atomic E-state index is 0.115. The maximum Gasteiger partial charge on any atom is 0.270 e. The lowest BCUT2D eigenvalue weighted by Gasteiger charge is -2.07. The number of hydrogen-bond acceptors (Lipinski definition) is 4. The molecule has 2 aromatic rings. The van der Waals surface area contributed by atoms with E-state index < -0.39 is 4.92 Å². The molecule has 0 aliphatic carbocycles. The van der Waals surface area contributed by atoms with Crippen LogP contribution in [0.3, 0.4) is 0 Å². The molecule has 0 radical (unpaired) electrons. The molecule has 0 fully saturated rings. The van der Waals surface area contributed by atoms with Crippen molar-refractivity contribution in [1.29, 1.82) is 0 Å². The number of nitro groups is 1. The van der Waals surface area contributed by atoms with E-state index in [4.69, 9.17) is 0 Å². The van der Waals surface area contributed by atoms with Gasteiger partial charge in [0, 0.05) is 35.5 Å². The smallest absolute Gasteiger partial charge is 0.270 e. The van der Waals surface area contributed by atoms with Crippen LogP contribution in [0.4, 0.5) is 5.69 Å². The fourth-order valence-corrected chi connectivity index (χ4v) is 2.19. The predicted octanol–water partition coefficient (Wildman–Crippen LogP) is 2.72. The van der Waals surface area contributed by atoms with Crippen molar-refractivity contribution in [3.05, 3.63) is 68.4 Å². The summed E-state index contributed by atoms with van der Waals surface area (Å²) in [5, 5.41) is 13.5. The fourth-order valence-electron chi connectivity index (χ4n) is 1.76. The molecule has 1 aromatic carbocycles. The molecular formula is C14H12BrN3O3. The molecule has 108 valence electrons. The molecule has 0 unspecified atom stereocenters. The first-order valence-corrected chi connectivity index (χ1v) is 6.98. The van der Waals surface area contributed by atoms with Crippen LogP contribution in [0.25, 0.3) is 0 Å². The lowest BCUT2D eigenvalue weighted by molar-refractivity contribution is -0.384. The first-order chi connectivity index (χ1) is 10.1. The molecule has 0 aliphatic rings. The molecule has 1 heterocycles. The summed E-state index contributed by atoms with van der Waals surface area (Å²) in [6.45, 7) is 0.430. The average Bonchev–Trinajstić information content (AvgIpc) is 2.48. The van der Waals surface area contributed by atoms with E-state index in [1.165, 1.54) is 18.2 Å². The lowest BCUT2D eigenvalue weighted by atomic mass is 10.1. The van der Waals surface area contributed by atoms with E-state index in [-0.39, 0.29) is 17.2 Å². The number of halogens is 1. The van der Waals surface area contributed by atoms with Gasteiger partial charge in [-0.25, -0.2) is 0 Å². The van der Waals surface area contributed by atoms with Gasteiger partial charge in [-0.05, 0) is 40.0 Å². The van der Waals surface area contributed by atoms with Crippen molar-refractivity contribution in [1.82, 2.24) is 10.3 Å². The van der Waals surface area contributed by atoms with Gasteiger partial charge in [0.25, 0.3) is 11.6 Å². The molecular weight excluding hydrogens is 338 g/mol. The van der Waals surface area contributed by atoms with Crippen LogP contribution >= 0.6 is 15.9 Å². The average molecular weight is 350 g/mol. The van der Waals surface area contributed by atoms with Crippen LogP contribution in [-0.2, 0) is 6.42 Å². The highest BCUT2D eigenvalue weighted by atomic mass is 79.9. The zero-order valence-corrected chi connectivity index (χ0v) is 12.5. The maximum atomic E-state index is 12.1. The minimum Gasteiger partial charge on any atom is -0.352 e. The van der Waals surface area contributed by atoms with E-state index in [9.17, 15) is 14.9 Å². The molecule has 0 spiro atoms. The van der Waals surface area contributed by atoms with Gasteiger partial charge in [0.05, 0.1) is 10.5 Å². The molecule has 1 amide bonds. The third-order valence-corrected chi connectivity index (χ3v) is 3.52. The monoisotopic (exact) mass is 349 g/mol. The van der Waals surface area contributed by atoms with Crippen molar-refractivity contribution in [3.8, 4) is 0 Å². The Morgan fingerprint density at radius 2 is 2.19 bits per heavy atom. The molecule has 2 rings (SSSR count). The zero-order chi connectivity index (χ0) is 15.2. The van der Waals surface area contributed by atoms with Crippen LogP contribution < -0.4 is 5.32 Å². The number of nitrogens with one attached hydrogen (secondary N) is 1. The van der Waals surface area contributed by atoms with Gasteiger partial charge in [0.15, 0.2) is 0 Å². The Balaban J connectivity index is 2.00. The first kappa shape index (κ1) is 15.1. The van der Waals surface area contributed by atoms with Crippen LogP contribution in [0, 0.1) is 10.1 Å². The van der Waals surface area contributed by atoms with Gasteiger partial charge in [0.2, 0.25) is 0 Å². The highest BCUT2D eigenvalue weighted by Crippen LogP contribution is 2.22. The second kappa shape index (κ2) is 6.94. The number of nitro benzene ring substituents is 1. The standard InChI is InChI=1S/C14H12BrN3O3/c15-13-4-3-11(18(20)21)8-12(13)14(19)17-7-5-10-2-1-6-16-9-10/h1-4,6,8-9H,5,7H2,(H,17,19). The van der Waals surface area contributed by atoms with E-state index in [2.05, 4.69) is 26.2 Å². The number of carbonyl (C=O) groups is 1. The number of hydrogen-bond donors (Lipinski definition) is 1. The number of pyridine rings is 1. The number of carbonyl (C=O) groups excluding carboxylic acids is 1. The van der Waals surface area contributed by atoms with Crippen LogP contribution in [0.5, 0.6) is 0 Å². The molecule has 0 bridgehead atoms. The van der Waals surface area contributed by atoms with Crippen LogP contribution in [-0.4, -0.2) is 22.4 Å². The summed E-state index contributed by atoms with van der Waals surface area (Å²) in [5.74, 6) is -0.352. The molecule has 0 atom stereocenters. The molecule has 0 aliphatic heterocycles. The largest absolute Gasteiger partial charge is 0.352 e. The van der Waals surface area contributed by atoms with Crippen molar-refractivity contribution in [2.45, 2.75) is 6.42 Å². The van der Waals surface area contributed by atoms with Gasteiger partial charge in [-0.2, -0.15) is 0 Å². The first-order valence-electron chi connectivity index (χ1n) is 6.19. The summed E-state index contributed by atoms with van der Waals surface area (Å²) in [6, 6.07) is 7.84. The fraction of sp³-hybridized carbons (Fsp3) is 0.143. The van der Waals surface area contributed by atoms with Gasteiger partial charge in [-0.1, -0.05) is 6.07 Å². The van der Waals surface area contributed by atoms with Gasteiger partial charge in [0.1, 0.15) is 0 Å². The lowest BCUT2D eigenvalue weighted by Crippen LogP contribution is -2.26. The second-order valence-electron chi connectivity index (χ2n) is 4.29. The number of benzene rings is 1. The highest BCUT2D eigenvalue weighted by molar-refractivity contribution is 9.10. The number of aromatic nitrogens is 1. The van der Waals surface area contributed by atoms with Crippen molar-refractivity contribution in [3.63, 3.8) is 0 Å². The Bertz CT molecular complexity index is 662. The number of non-ortho nitro benzene ring substituents is 1. The Morgan fingerprint density at radius 1 is 1.38 bits per heavy atom. The van der Waals surface area contributed by atoms with Crippen molar-refractivity contribution < 1.29 is 9.72 Å². The van der Waals surface area contributed by atoms with Gasteiger partial charge in [-0.15, -0.1) is 0 Å². The zero-order valence-electron chi connectivity index (χ0n) is 11.0. The molecule has 1 N–H and O–H groups in total. The van der Waals surface area contributed by atoms with Crippen LogP contribution in [0.1, 0.15) is 15.9 Å². The quantitative estimate of drug-likeness (QED) is 0.664. The third kappa shape index (κ3) is 4.09. The number of rotatable bonds is 5. The Hall–Kier alpha value is -2.28.